The Hall–Kier alpha value is -1.06. The summed E-state index contributed by atoms with van der Waals surface area (Å²) >= 11 is 0. The molecule has 0 aromatic heterocycles. The zero-order valence-corrected chi connectivity index (χ0v) is 20.8. The Morgan fingerprint density at radius 2 is 1.97 bits per heavy atom. The van der Waals surface area contributed by atoms with Crippen LogP contribution in [0, 0.1) is 6.92 Å². The van der Waals surface area contributed by atoms with Gasteiger partial charge in [0.25, 0.3) is 0 Å². The van der Waals surface area contributed by atoms with Gasteiger partial charge in [-0.1, -0.05) is 19.1 Å². The van der Waals surface area contributed by atoms with Crippen LogP contribution in [0.1, 0.15) is 43.7 Å². The molecule has 1 atom stereocenters. The first kappa shape index (κ1) is 26.0. The summed E-state index contributed by atoms with van der Waals surface area (Å²) in [6.45, 7) is 9.77. The van der Waals surface area contributed by atoms with E-state index in [4.69, 9.17) is 9.47 Å². The fraction of sp³-hybridized carbons (Fsp3) is 0.682. The SMILES string of the molecule is CCC(CNC(=NC)NCc1ccc(C)cc1OCCCOC)N1CCCC1.I. The van der Waals surface area contributed by atoms with Gasteiger partial charge in [0, 0.05) is 51.9 Å². The minimum absolute atomic E-state index is 0. The predicted octanol–water partition coefficient (Wildman–Crippen LogP) is 3.57. The maximum absolute atomic E-state index is 5.98. The van der Waals surface area contributed by atoms with E-state index in [1.165, 1.54) is 31.5 Å². The second-order valence-electron chi connectivity index (χ2n) is 7.42. The number of methoxy groups -OCH3 is 1. The summed E-state index contributed by atoms with van der Waals surface area (Å²) in [5.74, 6) is 1.77. The van der Waals surface area contributed by atoms with Crippen LogP contribution in [0.2, 0.25) is 0 Å². The molecular weight excluding hydrogens is 479 g/mol. The van der Waals surface area contributed by atoms with Gasteiger partial charge in [0.05, 0.1) is 6.61 Å². The van der Waals surface area contributed by atoms with Crippen LogP contribution in [0.25, 0.3) is 0 Å². The summed E-state index contributed by atoms with van der Waals surface area (Å²) in [4.78, 5) is 6.98. The zero-order valence-electron chi connectivity index (χ0n) is 18.5. The highest BCUT2D eigenvalue weighted by atomic mass is 127. The van der Waals surface area contributed by atoms with Crippen molar-refractivity contribution in [3.05, 3.63) is 29.3 Å². The molecule has 1 aromatic carbocycles. The number of benzene rings is 1. The first-order valence-electron chi connectivity index (χ1n) is 10.6. The lowest BCUT2D eigenvalue weighted by Crippen LogP contribution is -2.46. The lowest BCUT2D eigenvalue weighted by atomic mass is 10.1. The van der Waals surface area contributed by atoms with Crippen LogP contribution in [-0.2, 0) is 11.3 Å². The number of guanidine groups is 1. The highest BCUT2D eigenvalue weighted by Gasteiger charge is 2.20. The molecule has 0 radical (unpaired) electrons. The number of nitrogens with one attached hydrogen (secondary N) is 2. The molecule has 2 rings (SSSR count). The molecule has 1 heterocycles. The summed E-state index contributed by atoms with van der Waals surface area (Å²) in [6.07, 6.45) is 4.69. The molecule has 0 bridgehead atoms. The zero-order chi connectivity index (χ0) is 20.2. The number of halogens is 1. The number of likely N-dealkylation sites (tertiary alicyclic amines) is 1. The number of aryl methyl sites for hydroxylation is 1. The van der Waals surface area contributed by atoms with Gasteiger partial charge in [-0.15, -0.1) is 24.0 Å². The number of ether oxygens (including phenoxy) is 2. The van der Waals surface area contributed by atoms with Crippen molar-refractivity contribution in [2.75, 3.05) is 47.0 Å². The lowest BCUT2D eigenvalue weighted by molar-refractivity contribution is 0.171. The Balaban J connectivity index is 0.00000420. The minimum atomic E-state index is 0. The summed E-state index contributed by atoms with van der Waals surface area (Å²) < 4.78 is 11.1. The van der Waals surface area contributed by atoms with E-state index in [1.54, 1.807) is 7.11 Å². The first-order valence-corrected chi connectivity index (χ1v) is 10.6. The van der Waals surface area contributed by atoms with E-state index in [-0.39, 0.29) is 24.0 Å². The van der Waals surface area contributed by atoms with Crippen LogP contribution < -0.4 is 15.4 Å². The van der Waals surface area contributed by atoms with Crippen LogP contribution in [0.15, 0.2) is 23.2 Å². The van der Waals surface area contributed by atoms with Crippen molar-refractivity contribution in [2.45, 2.75) is 52.1 Å². The smallest absolute Gasteiger partial charge is 0.191 e. The monoisotopic (exact) mass is 518 g/mol. The summed E-state index contributed by atoms with van der Waals surface area (Å²) in [6, 6.07) is 6.91. The van der Waals surface area contributed by atoms with Gasteiger partial charge in [0.1, 0.15) is 5.75 Å². The second kappa shape index (κ2) is 14.8. The minimum Gasteiger partial charge on any atom is -0.493 e. The van der Waals surface area contributed by atoms with Crippen LogP contribution in [0.5, 0.6) is 5.75 Å². The molecule has 29 heavy (non-hydrogen) atoms. The number of rotatable bonds is 11. The maximum atomic E-state index is 5.98. The average Bonchev–Trinajstić information content (AvgIpc) is 3.24. The number of aliphatic imine (C=N–C) groups is 1. The molecule has 0 saturated carbocycles. The molecule has 0 spiro atoms. The topological polar surface area (TPSA) is 58.1 Å². The highest BCUT2D eigenvalue weighted by molar-refractivity contribution is 14.0. The Kier molecular flexibility index (Phi) is 13.3. The molecule has 1 saturated heterocycles. The van der Waals surface area contributed by atoms with Crippen LogP contribution >= 0.6 is 24.0 Å². The van der Waals surface area contributed by atoms with Crippen LogP contribution in [-0.4, -0.2) is 63.9 Å². The molecule has 1 fully saturated rings. The molecular formula is C22H39IN4O2. The van der Waals surface area contributed by atoms with E-state index in [0.717, 1.165) is 36.7 Å². The second-order valence-corrected chi connectivity index (χ2v) is 7.42. The molecule has 0 aliphatic carbocycles. The van der Waals surface area contributed by atoms with E-state index in [0.29, 0.717) is 25.8 Å². The molecule has 1 aromatic rings. The fourth-order valence-corrected chi connectivity index (χ4v) is 3.58. The number of nitrogens with zero attached hydrogens (tertiary/aromatic N) is 2. The molecule has 1 aliphatic heterocycles. The van der Waals surface area contributed by atoms with Crippen molar-refractivity contribution in [3.8, 4) is 5.75 Å². The Morgan fingerprint density at radius 1 is 1.21 bits per heavy atom. The van der Waals surface area contributed by atoms with E-state index in [2.05, 4.69) is 52.6 Å². The molecule has 6 nitrogen and oxygen atoms in total. The highest BCUT2D eigenvalue weighted by Crippen LogP contribution is 2.20. The molecule has 0 amide bonds. The van der Waals surface area contributed by atoms with E-state index in [1.807, 2.05) is 7.05 Å². The van der Waals surface area contributed by atoms with Crippen LogP contribution in [0.4, 0.5) is 0 Å². The molecule has 166 valence electrons. The van der Waals surface area contributed by atoms with Gasteiger partial charge in [-0.05, 0) is 50.9 Å². The fourth-order valence-electron chi connectivity index (χ4n) is 3.58. The Morgan fingerprint density at radius 3 is 2.62 bits per heavy atom. The van der Waals surface area contributed by atoms with Crippen molar-refractivity contribution >= 4 is 29.9 Å². The maximum Gasteiger partial charge on any atom is 0.191 e. The summed E-state index contributed by atoms with van der Waals surface area (Å²) in [5, 5.41) is 6.93. The van der Waals surface area contributed by atoms with E-state index >= 15 is 0 Å². The molecule has 7 heteroatoms. The van der Waals surface area contributed by atoms with Gasteiger partial charge in [-0.3, -0.25) is 9.89 Å². The third kappa shape index (κ3) is 9.09. The van der Waals surface area contributed by atoms with Gasteiger partial charge >= 0.3 is 0 Å². The largest absolute Gasteiger partial charge is 0.493 e. The summed E-state index contributed by atoms with van der Waals surface area (Å²) in [5.41, 5.74) is 2.34. The van der Waals surface area contributed by atoms with Gasteiger partial charge < -0.3 is 20.1 Å². The Bertz CT molecular complexity index is 606. The van der Waals surface area contributed by atoms with Crippen molar-refractivity contribution in [1.29, 1.82) is 0 Å². The molecule has 1 aliphatic rings. The summed E-state index contributed by atoms with van der Waals surface area (Å²) in [7, 11) is 3.54. The third-order valence-corrected chi connectivity index (χ3v) is 5.28. The van der Waals surface area contributed by atoms with E-state index < -0.39 is 0 Å². The van der Waals surface area contributed by atoms with Crippen LogP contribution in [0.3, 0.4) is 0 Å². The van der Waals surface area contributed by atoms with E-state index in [9.17, 15) is 0 Å². The van der Waals surface area contributed by atoms with Gasteiger partial charge in [-0.2, -0.15) is 0 Å². The Labute approximate surface area is 193 Å². The predicted molar refractivity (Wildman–Crippen MR) is 132 cm³/mol. The normalized spacial score (nSPS) is 15.7. The van der Waals surface area contributed by atoms with Gasteiger partial charge in [-0.25, -0.2) is 0 Å². The van der Waals surface area contributed by atoms with Crippen molar-refractivity contribution in [1.82, 2.24) is 15.5 Å². The lowest BCUT2D eigenvalue weighted by Gasteiger charge is -2.27. The van der Waals surface area contributed by atoms with Gasteiger partial charge in [0.2, 0.25) is 0 Å². The third-order valence-electron chi connectivity index (χ3n) is 5.28. The number of hydrogen-bond acceptors (Lipinski definition) is 4. The number of hydrogen-bond donors (Lipinski definition) is 2. The quantitative estimate of drug-likeness (QED) is 0.203. The molecule has 1 unspecified atom stereocenters. The standard InChI is InChI=1S/C22H38N4O2.HI/c1-5-20(26-11-6-7-12-26)17-25-22(23-3)24-16-19-10-9-18(2)15-21(19)28-14-8-13-27-4;/h9-10,15,20H,5-8,11-14,16-17H2,1-4H3,(H2,23,24,25);1H. The van der Waals surface area contributed by atoms with Gasteiger partial charge in [0.15, 0.2) is 5.96 Å². The average molecular weight is 518 g/mol. The molecule has 2 N–H and O–H groups in total. The van der Waals surface area contributed by atoms with Crippen molar-refractivity contribution < 1.29 is 9.47 Å². The van der Waals surface area contributed by atoms with Crippen molar-refractivity contribution in [3.63, 3.8) is 0 Å². The first-order chi connectivity index (χ1) is 13.7. The van der Waals surface area contributed by atoms with Crippen molar-refractivity contribution in [2.24, 2.45) is 4.99 Å².